The number of H-pyrrole nitrogens is 1. The van der Waals surface area contributed by atoms with Gasteiger partial charge in [-0.25, -0.2) is 9.37 Å². The van der Waals surface area contributed by atoms with Crippen LogP contribution in [0.1, 0.15) is 24.4 Å². The summed E-state index contributed by atoms with van der Waals surface area (Å²) in [5, 5.41) is 10.8. The van der Waals surface area contributed by atoms with Gasteiger partial charge in [-0.2, -0.15) is 15.4 Å². The molecule has 0 spiro atoms. The molecule has 132 valence electrons. The number of nitrogens with one attached hydrogen (secondary N) is 1. The van der Waals surface area contributed by atoms with Gasteiger partial charge in [0.25, 0.3) is 0 Å². The highest BCUT2D eigenvalue weighted by Crippen LogP contribution is 2.29. The summed E-state index contributed by atoms with van der Waals surface area (Å²) >= 11 is 0. The second kappa shape index (κ2) is 6.53. The Morgan fingerprint density at radius 1 is 1.36 bits per heavy atom. The molecule has 7 nitrogen and oxygen atoms in total. The van der Waals surface area contributed by atoms with Gasteiger partial charge in [-0.05, 0) is 19.1 Å². The predicted octanol–water partition coefficient (Wildman–Crippen LogP) is 1.93. The van der Waals surface area contributed by atoms with Crippen molar-refractivity contribution in [2.75, 3.05) is 20.2 Å². The Hall–Kier alpha value is -2.32. The number of hydrogen-bond acceptors (Lipinski definition) is 5. The molecule has 0 saturated carbocycles. The number of aromatic nitrogens is 5. The van der Waals surface area contributed by atoms with Crippen LogP contribution in [0.4, 0.5) is 4.39 Å². The number of likely N-dealkylation sites (tertiary alicyclic amines) is 1. The van der Waals surface area contributed by atoms with Crippen molar-refractivity contribution < 1.29 is 9.13 Å². The van der Waals surface area contributed by atoms with Crippen LogP contribution in [0.25, 0.3) is 11.0 Å². The van der Waals surface area contributed by atoms with Gasteiger partial charge in [-0.1, -0.05) is 6.07 Å². The van der Waals surface area contributed by atoms with Crippen LogP contribution in [-0.4, -0.2) is 56.2 Å². The van der Waals surface area contributed by atoms with E-state index >= 15 is 0 Å². The summed E-state index contributed by atoms with van der Waals surface area (Å²) < 4.78 is 21.8. The Kier molecular flexibility index (Phi) is 4.22. The number of halogens is 1. The summed E-state index contributed by atoms with van der Waals surface area (Å²) in [5.41, 5.74) is 2.19. The highest BCUT2D eigenvalue weighted by atomic mass is 19.1. The minimum absolute atomic E-state index is 0.0568. The highest BCUT2D eigenvalue weighted by molar-refractivity contribution is 5.76. The van der Waals surface area contributed by atoms with Crippen LogP contribution in [0.15, 0.2) is 24.4 Å². The molecule has 3 heterocycles. The Balaban J connectivity index is 1.60. The number of fused-ring (bicyclic) bond motifs is 1. The molecule has 1 aromatic carbocycles. The molecule has 3 aromatic rings. The Bertz CT molecular complexity index is 862. The third-order valence-electron chi connectivity index (χ3n) is 4.95. The van der Waals surface area contributed by atoms with Crippen LogP contribution in [0, 0.1) is 5.82 Å². The number of imidazole rings is 1. The molecular weight excluding hydrogens is 323 g/mol. The van der Waals surface area contributed by atoms with E-state index in [1.807, 2.05) is 6.07 Å². The lowest BCUT2D eigenvalue weighted by Crippen LogP contribution is -2.24. The maximum absolute atomic E-state index is 14.1. The van der Waals surface area contributed by atoms with Crippen LogP contribution in [-0.2, 0) is 17.8 Å². The smallest absolute Gasteiger partial charge is 0.151 e. The van der Waals surface area contributed by atoms with Crippen molar-refractivity contribution in [2.24, 2.45) is 0 Å². The molecule has 0 aliphatic carbocycles. The summed E-state index contributed by atoms with van der Waals surface area (Å²) in [6, 6.07) is 5.10. The van der Waals surface area contributed by atoms with E-state index in [9.17, 15) is 4.39 Å². The number of benzene rings is 1. The lowest BCUT2D eigenvalue weighted by molar-refractivity contribution is 0.0954. The van der Waals surface area contributed by atoms with E-state index in [1.54, 1.807) is 19.4 Å². The minimum Gasteiger partial charge on any atom is -0.379 e. The zero-order valence-corrected chi connectivity index (χ0v) is 14.3. The van der Waals surface area contributed by atoms with E-state index < -0.39 is 0 Å². The molecule has 25 heavy (non-hydrogen) atoms. The molecule has 1 saturated heterocycles. The number of rotatable bonds is 5. The quantitative estimate of drug-likeness (QED) is 0.766. The van der Waals surface area contributed by atoms with Crippen molar-refractivity contribution in [3.8, 4) is 0 Å². The average molecular weight is 344 g/mol. The van der Waals surface area contributed by atoms with Crippen molar-refractivity contribution in [2.45, 2.75) is 32.0 Å². The van der Waals surface area contributed by atoms with Crippen molar-refractivity contribution in [1.29, 1.82) is 0 Å². The summed E-state index contributed by atoms with van der Waals surface area (Å²) in [6.45, 7) is 5.04. The average Bonchev–Trinajstić information content (AvgIpc) is 3.33. The molecule has 2 aromatic heterocycles. The van der Waals surface area contributed by atoms with Crippen LogP contribution >= 0.6 is 0 Å². The van der Waals surface area contributed by atoms with E-state index in [-0.39, 0.29) is 17.8 Å². The fraction of sp³-hybridized carbons (Fsp3) is 0.471. The first-order valence-corrected chi connectivity index (χ1v) is 8.45. The lowest BCUT2D eigenvalue weighted by atomic mass is 10.0. The molecule has 1 N–H and O–H groups in total. The highest BCUT2D eigenvalue weighted by Gasteiger charge is 2.36. The predicted molar refractivity (Wildman–Crippen MR) is 90.6 cm³/mol. The van der Waals surface area contributed by atoms with Crippen molar-refractivity contribution in [1.82, 2.24) is 29.9 Å². The zero-order valence-electron chi connectivity index (χ0n) is 14.3. The molecule has 0 radical (unpaired) electrons. The summed E-state index contributed by atoms with van der Waals surface area (Å²) in [7, 11) is 1.72. The second-order valence-electron chi connectivity index (χ2n) is 6.35. The molecule has 1 aliphatic rings. The maximum atomic E-state index is 14.1. The van der Waals surface area contributed by atoms with E-state index in [1.165, 1.54) is 6.07 Å². The molecule has 2 atom stereocenters. The normalized spacial score (nSPS) is 21.4. The van der Waals surface area contributed by atoms with Gasteiger partial charge in [0.05, 0.1) is 30.1 Å². The molecule has 0 unspecified atom stereocenters. The molecule has 8 heteroatoms. The standard InChI is InChI=1S/C17H21FN6O/c1-3-24-14-6-4-5-12(18)17(14)20-16(24)10-23-8-11(15(9-23)25-2)13-7-19-22-21-13/h4-7,11,15H,3,8-10H2,1-2H3,(H,19,21,22)/t11-,15+/m0/s1. The Morgan fingerprint density at radius 2 is 2.24 bits per heavy atom. The number of aryl methyl sites for hydroxylation is 1. The fourth-order valence-electron chi connectivity index (χ4n) is 3.73. The maximum Gasteiger partial charge on any atom is 0.151 e. The monoisotopic (exact) mass is 344 g/mol. The van der Waals surface area contributed by atoms with Gasteiger partial charge in [0.2, 0.25) is 0 Å². The zero-order chi connectivity index (χ0) is 17.4. The van der Waals surface area contributed by atoms with E-state index in [0.29, 0.717) is 12.1 Å². The van der Waals surface area contributed by atoms with Gasteiger partial charge in [-0.3, -0.25) is 4.90 Å². The molecule has 1 fully saturated rings. The fourth-order valence-corrected chi connectivity index (χ4v) is 3.73. The van der Waals surface area contributed by atoms with Crippen molar-refractivity contribution >= 4 is 11.0 Å². The minimum atomic E-state index is -0.275. The molecule has 4 rings (SSSR count). The summed E-state index contributed by atoms with van der Waals surface area (Å²) in [4.78, 5) is 6.83. The number of methoxy groups -OCH3 is 1. The SMILES string of the molecule is CCn1c(CN2C[C@@H](OC)[C@H](c3cn[nH]n3)C2)nc2c(F)cccc21. The largest absolute Gasteiger partial charge is 0.379 e. The third-order valence-corrected chi connectivity index (χ3v) is 4.95. The van der Waals surface area contributed by atoms with Crippen LogP contribution < -0.4 is 0 Å². The molecule has 0 bridgehead atoms. The third kappa shape index (κ3) is 2.81. The van der Waals surface area contributed by atoms with Crippen molar-refractivity contribution in [3.63, 3.8) is 0 Å². The first-order chi connectivity index (χ1) is 12.2. The van der Waals surface area contributed by atoms with Gasteiger partial charge in [-0.15, -0.1) is 0 Å². The van der Waals surface area contributed by atoms with Gasteiger partial charge in [0.15, 0.2) is 5.82 Å². The number of para-hydroxylation sites is 1. The van der Waals surface area contributed by atoms with Gasteiger partial charge < -0.3 is 9.30 Å². The second-order valence-corrected chi connectivity index (χ2v) is 6.35. The first-order valence-electron chi connectivity index (χ1n) is 8.45. The van der Waals surface area contributed by atoms with Gasteiger partial charge >= 0.3 is 0 Å². The van der Waals surface area contributed by atoms with Gasteiger partial charge in [0.1, 0.15) is 11.3 Å². The van der Waals surface area contributed by atoms with E-state index in [2.05, 4.69) is 36.8 Å². The van der Waals surface area contributed by atoms with Gasteiger partial charge in [0, 0.05) is 32.7 Å². The number of nitrogens with zero attached hydrogens (tertiary/aromatic N) is 5. The van der Waals surface area contributed by atoms with E-state index in [4.69, 9.17) is 4.74 Å². The number of ether oxygens (including phenoxy) is 1. The molecular formula is C17H21FN6O. The first kappa shape index (κ1) is 16.2. The number of hydrogen-bond donors (Lipinski definition) is 1. The van der Waals surface area contributed by atoms with E-state index in [0.717, 1.165) is 36.7 Å². The van der Waals surface area contributed by atoms with Crippen LogP contribution in [0.3, 0.4) is 0 Å². The molecule has 0 amide bonds. The van der Waals surface area contributed by atoms with Crippen molar-refractivity contribution in [3.05, 3.63) is 41.7 Å². The number of aromatic amines is 1. The summed E-state index contributed by atoms with van der Waals surface area (Å²) in [5.74, 6) is 0.765. The Morgan fingerprint density at radius 3 is 2.96 bits per heavy atom. The Labute approximate surface area is 144 Å². The molecule has 1 aliphatic heterocycles. The van der Waals surface area contributed by atoms with Crippen LogP contribution in [0.5, 0.6) is 0 Å². The summed E-state index contributed by atoms with van der Waals surface area (Å²) in [6.07, 6.45) is 1.80. The van der Waals surface area contributed by atoms with Crippen LogP contribution in [0.2, 0.25) is 0 Å². The topological polar surface area (TPSA) is 71.9 Å². The lowest BCUT2D eigenvalue weighted by Gasteiger charge is -2.15.